The molecule has 0 fully saturated rings. The van der Waals surface area contributed by atoms with Crippen LogP contribution in [0.25, 0.3) is 90.9 Å². The van der Waals surface area contributed by atoms with E-state index in [4.69, 9.17) is 33.7 Å². The van der Waals surface area contributed by atoms with E-state index < -0.39 is 0 Å². The Morgan fingerprint density at radius 3 is 0.987 bits per heavy atom. The fourth-order valence-electron chi connectivity index (χ4n) is 10.3. The van der Waals surface area contributed by atoms with E-state index in [-0.39, 0.29) is 17.2 Å². The predicted octanol–water partition coefficient (Wildman–Crippen LogP) is 16.3. The second kappa shape index (κ2) is 24.9. The summed E-state index contributed by atoms with van der Waals surface area (Å²) in [6.45, 7) is 2.87. The number of H-pyrrole nitrogens is 2. The lowest BCUT2D eigenvalue weighted by Crippen LogP contribution is -2.00. The van der Waals surface area contributed by atoms with Crippen LogP contribution in [0.4, 0.5) is 0 Å². The summed E-state index contributed by atoms with van der Waals surface area (Å²) in [6.07, 6.45) is 26.1. The van der Waals surface area contributed by atoms with E-state index in [2.05, 4.69) is 23.0 Å². The normalized spacial score (nSPS) is 11.8. The molecule has 5 N–H and O–H groups in total. The molecule has 4 aromatic carbocycles. The number of hydrogen-bond donors (Lipinski definition) is 5. The Morgan fingerprint density at radius 1 is 0.355 bits per heavy atom. The van der Waals surface area contributed by atoms with E-state index in [1.807, 2.05) is 78.9 Å². The number of hydrogen-bond acceptors (Lipinski definition) is 10. The zero-order chi connectivity index (χ0) is 53.0. The standard InChI is InChI=1S/C64H70N4O8/c1-6-7-8-9-10-11-12-13-14-15-16-17-18-19-36-76-56-35-23-44(40-60(56)75-5)64-51-30-28-49(67-51)62(42-21-33-54(70)58(38-42)73-3)47-26-24-45(65-47)61(41-20-32-53(69)57(37-41)72-2)46-25-27-48(66-46)63(50-29-31-52(64)68-50)43-22-34-55(71)59(39-43)74-4/h20-35,37-40,65,68-71H,6-19,36H2,1-5H3. The van der Waals surface area contributed by atoms with E-state index >= 15 is 0 Å². The molecule has 12 heteroatoms. The van der Waals surface area contributed by atoms with Gasteiger partial charge in [0.1, 0.15) is 0 Å². The van der Waals surface area contributed by atoms with Crippen LogP contribution in [0.5, 0.6) is 46.0 Å². The summed E-state index contributed by atoms with van der Waals surface area (Å²) in [5, 5.41) is 32.2. The van der Waals surface area contributed by atoms with E-state index in [1.165, 1.54) is 98.4 Å². The molecular weight excluding hydrogens is 953 g/mol. The molecule has 0 unspecified atom stereocenters. The number of methoxy groups -OCH3 is 4. The Labute approximate surface area is 445 Å². The van der Waals surface area contributed by atoms with E-state index in [9.17, 15) is 15.3 Å². The van der Waals surface area contributed by atoms with Gasteiger partial charge in [-0.05, 0) is 126 Å². The molecule has 0 atom stereocenters. The molecule has 9 rings (SSSR count). The zero-order valence-corrected chi connectivity index (χ0v) is 44.4. The van der Waals surface area contributed by atoms with Crippen LogP contribution >= 0.6 is 0 Å². The molecule has 12 nitrogen and oxygen atoms in total. The third-order valence-corrected chi connectivity index (χ3v) is 14.4. The van der Waals surface area contributed by atoms with Gasteiger partial charge < -0.3 is 49.0 Å². The van der Waals surface area contributed by atoms with Crippen LogP contribution in [0.15, 0.2) is 97.1 Å². The molecule has 0 radical (unpaired) electrons. The average Bonchev–Trinajstić information content (AvgIpc) is 4.30. The van der Waals surface area contributed by atoms with Crippen molar-refractivity contribution in [2.24, 2.45) is 0 Å². The molecule has 0 spiro atoms. The van der Waals surface area contributed by atoms with Gasteiger partial charge in [0.15, 0.2) is 46.0 Å². The molecule has 0 saturated heterocycles. The number of fused-ring (bicyclic) bond motifs is 8. The number of aromatic amines is 2. The number of nitrogens with one attached hydrogen (secondary N) is 2. The summed E-state index contributed by atoms with van der Waals surface area (Å²) in [5.41, 5.74) is 11.8. The number of ether oxygens (including phenoxy) is 5. The number of phenolic OH excluding ortho intramolecular Hbond substituents is 3. The van der Waals surface area contributed by atoms with E-state index in [0.717, 1.165) is 79.4 Å². The van der Waals surface area contributed by atoms with Crippen molar-refractivity contribution in [3.8, 4) is 90.5 Å². The SMILES string of the molecule is CCCCCCCCCCCCCCCCOc1ccc(-c2c3nc(c(-c4ccc(O)c(OC)c4)c4ccc([nH]4)c(-c4ccc(O)c(OC)c4)c4nc(c(-c5ccc(O)c(OC)c5)c5ccc2[nH]5)C=C4)C=C3)cc1OC. The van der Waals surface area contributed by atoms with Gasteiger partial charge in [-0.15, -0.1) is 0 Å². The Bertz CT molecular complexity index is 3350. The molecule has 76 heavy (non-hydrogen) atoms. The van der Waals surface area contributed by atoms with Gasteiger partial charge in [0.05, 0.1) is 57.8 Å². The van der Waals surface area contributed by atoms with Crippen LogP contribution < -0.4 is 23.7 Å². The Morgan fingerprint density at radius 2 is 0.658 bits per heavy atom. The number of unbranched alkanes of at least 4 members (excludes halogenated alkanes) is 13. The lowest BCUT2D eigenvalue weighted by molar-refractivity contribution is 0.284. The van der Waals surface area contributed by atoms with Gasteiger partial charge in [0.2, 0.25) is 0 Å². The summed E-state index contributed by atoms with van der Waals surface area (Å²) >= 11 is 0. The van der Waals surface area contributed by atoms with Crippen LogP contribution in [0.2, 0.25) is 0 Å². The van der Waals surface area contributed by atoms with Gasteiger partial charge in [-0.2, -0.15) is 0 Å². The van der Waals surface area contributed by atoms with Gasteiger partial charge in [-0.3, -0.25) is 0 Å². The smallest absolute Gasteiger partial charge is 0.161 e. The molecule has 0 saturated carbocycles. The second-order valence-corrected chi connectivity index (χ2v) is 19.5. The van der Waals surface area contributed by atoms with Gasteiger partial charge in [-0.1, -0.05) is 115 Å². The second-order valence-electron chi connectivity index (χ2n) is 19.5. The highest BCUT2D eigenvalue weighted by atomic mass is 16.5. The van der Waals surface area contributed by atoms with Crippen molar-refractivity contribution in [2.45, 2.75) is 96.8 Å². The fourth-order valence-corrected chi connectivity index (χ4v) is 10.3. The van der Waals surface area contributed by atoms with Crippen LogP contribution in [-0.2, 0) is 0 Å². The van der Waals surface area contributed by atoms with Crippen molar-refractivity contribution in [2.75, 3.05) is 35.0 Å². The van der Waals surface area contributed by atoms with Gasteiger partial charge in [0.25, 0.3) is 0 Å². The highest BCUT2D eigenvalue weighted by Gasteiger charge is 2.22. The minimum absolute atomic E-state index is 0.00659. The number of nitrogens with zero attached hydrogens (tertiary/aromatic N) is 2. The van der Waals surface area contributed by atoms with Crippen molar-refractivity contribution in [1.82, 2.24) is 19.9 Å². The summed E-state index contributed by atoms with van der Waals surface area (Å²) in [6, 6.07) is 29.9. The molecule has 394 valence electrons. The summed E-state index contributed by atoms with van der Waals surface area (Å²) in [4.78, 5) is 18.3. The van der Waals surface area contributed by atoms with Gasteiger partial charge in [-0.25, -0.2) is 9.97 Å². The minimum atomic E-state index is 0.00659. The van der Waals surface area contributed by atoms with Crippen LogP contribution in [0, 0.1) is 0 Å². The topological polar surface area (TPSA) is 164 Å². The lowest BCUT2D eigenvalue weighted by Gasteiger charge is -2.13. The fraction of sp³-hybridized carbons (Fsp3) is 0.312. The van der Waals surface area contributed by atoms with Crippen LogP contribution in [0.3, 0.4) is 0 Å². The highest BCUT2D eigenvalue weighted by Crippen LogP contribution is 2.43. The first-order chi connectivity index (χ1) is 37.2. The third kappa shape index (κ3) is 11.9. The summed E-state index contributed by atoms with van der Waals surface area (Å²) < 4.78 is 29.3. The van der Waals surface area contributed by atoms with Gasteiger partial charge >= 0.3 is 0 Å². The first-order valence-electron chi connectivity index (χ1n) is 26.8. The van der Waals surface area contributed by atoms with E-state index in [0.29, 0.717) is 58.1 Å². The monoisotopic (exact) mass is 1020 g/mol. The van der Waals surface area contributed by atoms with Crippen LogP contribution in [0.1, 0.15) is 120 Å². The molecule has 0 aliphatic carbocycles. The first-order valence-corrected chi connectivity index (χ1v) is 26.8. The van der Waals surface area contributed by atoms with Crippen molar-refractivity contribution < 1.29 is 39.0 Å². The average molecular weight is 1020 g/mol. The molecule has 8 bridgehead atoms. The summed E-state index contributed by atoms with van der Waals surface area (Å²) in [5.74, 6) is 2.26. The maximum atomic E-state index is 10.8. The largest absolute Gasteiger partial charge is 0.504 e. The van der Waals surface area contributed by atoms with Crippen molar-refractivity contribution >= 4 is 46.4 Å². The highest BCUT2D eigenvalue weighted by molar-refractivity contribution is 6.00. The lowest BCUT2D eigenvalue weighted by atomic mass is 10.0. The van der Waals surface area contributed by atoms with Crippen LogP contribution in [-0.4, -0.2) is 70.3 Å². The molecule has 3 aromatic heterocycles. The van der Waals surface area contributed by atoms with Crippen molar-refractivity contribution in [1.29, 1.82) is 0 Å². The predicted molar refractivity (Wildman–Crippen MR) is 308 cm³/mol. The number of rotatable bonds is 24. The third-order valence-electron chi connectivity index (χ3n) is 14.4. The maximum absolute atomic E-state index is 10.8. The number of aromatic hydroxyl groups is 3. The first kappa shape index (κ1) is 52.7. The minimum Gasteiger partial charge on any atom is -0.504 e. The Kier molecular flexibility index (Phi) is 17.3. The Hall–Kier alpha value is -8.12. The van der Waals surface area contributed by atoms with E-state index in [1.54, 1.807) is 43.5 Å². The molecule has 7 aromatic rings. The van der Waals surface area contributed by atoms with Crippen molar-refractivity contribution in [3.63, 3.8) is 0 Å². The quantitative estimate of drug-likeness (QED) is 0.0368. The zero-order valence-electron chi connectivity index (χ0n) is 44.4. The molecule has 2 aliphatic rings. The molecular formula is C64H70N4O8. The molecule has 5 heterocycles. The molecule has 0 amide bonds. The number of aromatic nitrogens is 4. The molecule has 2 aliphatic heterocycles. The summed E-state index contributed by atoms with van der Waals surface area (Å²) in [7, 11) is 6.24. The number of benzene rings is 4. The Balaban J connectivity index is 1.15. The van der Waals surface area contributed by atoms with Gasteiger partial charge in [0, 0.05) is 44.3 Å². The number of phenols is 3. The van der Waals surface area contributed by atoms with Crippen molar-refractivity contribution in [3.05, 3.63) is 120 Å². The maximum Gasteiger partial charge on any atom is 0.161 e.